The lowest BCUT2D eigenvalue weighted by molar-refractivity contribution is 0.109. The monoisotopic (exact) mass is 273 g/mol. The van der Waals surface area contributed by atoms with E-state index in [4.69, 9.17) is 10.2 Å². The second kappa shape index (κ2) is 5.29. The number of aliphatic hydroxyl groups is 1. The lowest BCUT2D eigenvalue weighted by atomic mass is 9.83. The van der Waals surface area contributed by atoms with Gasteiger partial charge in [0.15, 0.2) is 11.0 Å². The lowest BCUT2D eigenvalue weighted by Gasteiger charge is -2.25. The van der Waals surface area contributed by atoms with Gasteiger partial charge >= 0.3 is 0 Å². The van der Waals surface area contributed by atoms with Crippen molar-refractivity contribution in [2.24, 2.45) is 5.92 Å². The minimum atomic E-state index is -0.139. The third-order valence-electron chi connectivity index (χ3n) is 4.19. The number of aliphatic hydroxyl groups excluding tert-OH is 1. The second-order valence-corrected chi connectivity index (χ2v) is 5.73. The quantitative estimate of drug-likeness (QED) is 0.824. The fourth-order valence-corrected chi connectivity index (χ4v) is 3.08. The summed E-state index contributed by atoms with van der Waals surface area (Å²) >= 11 is 0. The van der Waals surface area contributed by atoms with Gasteiger partial charge in [-0.1, -0.05) is 0 Å². The van der Waals surface area contributed by atoms with E-state index in [1.165, 1.54) is 12.3 Å². The van der Waals surface area contributed by atoms with Crippen molar-refractivity contribution in [3.05, 3.63) is 40.2 Å². The Bertz CT molecular complexity index is 669. The zero-order valence-corrected chi connectivity index (χ0v) is 11.3. The molecular formula is C16H19NO3. The van der Waals surface area contributed by atoms with Gasteiger partial charge in [0.05, 0.1) is 23.4 Å². The van der Waals surface area contributed by atoms with Crippen molar-refractivity contribution in [2.45, 2.75) is 38.2 Å². The largest absolute Gasteiger partial charge is 0.462 e. The average molecular weight is 273 g/mol. The van der Waals surface area contributed by atoms with Gasteiger partial charge in [-0.2, -0.15) is 0 Å². The fourth-order valence-electron chi connectivity index (χ4n) is 3.08. The van der Waals surface area contributed by atoms with E-state index < -0.39 is 0 Å². The van der Waals surface area contributed by atoms with E-state index in [-0.39, 0.29) is 11.5 Å². The molecule has 0 spiro atoms. The Morgan fingerprint density at radius 3 is 2.75 bits per heavy atom. The molecular weight excluding hydrogens is 254 g/mol. The van der Waals surface area contributed by atoms with Crippen LogP contribution in [0.5, 0.6) is 0 Å². The van der Waals surface area contributed by atoms with Gasteiger partial charge in [0.25, 0.3) is 0 Å². The van der Waals surface area contributed by atoms with Gasteiger partial charge in [-0.25, -0.2) is 0 Å². The van der Waals surface area contributed by atoms with Crippen LogP contribution in [-0.2, 0) is 6.42 Å². The highest BCUT2D eigenvalue weighted by Crippen LogP contribution is 2.29. The van der Waals surface area contributed by atoms with Crippen molar-refractivity contribution < 1.29 is 9.52 Å². The zero-order valence-electron chi connectivity index (χ0n) is 11.3. The molecule has 2 aromatic rings. The highest BCUT2D eigenvalue weighted by atomic mass is 16.3. The van der Waals surface area contributed by atoms with Gasteiger partial charge in [-0.3, -0.25) is 4.79 Å². The molecule has 4 heteroatoms. The first kappa shape index (κ1) is 13.2. The Labute approximate surface area is 117 Å². The summed E-state index contributed by atoms with van der Waals surface area (Å²) in [6, 6.07) is 5.21. The Hall–Kier alpha value is -1.81. The molecule has 20 heavy (non-hydrogen) atoms. The van der Waals surface area contributed by atoms with Crippen molar-refractivity contribution in [3.8, 4) is 0 Å². The highest BCUT2D eigenvalue weighted by Gasteiger charge is 2.20. The number of rotatable bonds is 2. The van der Waals surface area contributed by atoms with Crippen molar-refractivity contribution in [3.63, 3.8) is 0 Å². The summed E-state index contributed by atoms with van der Waals surface area (Å²) < 4.78 is 5.32. The molecule has 0 radical (unpaired) electrons. The summed E-state index contributed by atoms with van der Waals surface area (Å²) in [6.07, 6.45) is 5.95. The topological polar surface area (TPSA) is 76.5 Å². The molecule has 0 unspecified atom stereocenters. The molecule has 4 nitrogen and oxygen atoms in total. The third-order valence-corrected chi connectivity index (χ3v) is 4.19. The number of nitrogen functional groups attached to an aromatic ring is 1. The van der Waals surface area contributed by atoms with Crippen LogP contribution < -0.4 is 11.2 Å². The first-order valence-corrected chi connectivity index (χ1v) is 7.11. The maximum atomic E-state index is 11.9. The molecule has 1 heterocycles. The number of hydrogen-bond donors (Lipinski definition) is 2. The number of benzene rings is 1. The van der Waals surface area contributed by atoms with Gasteiger partial charge in [0, 0.05) is 6.07 Å². The van der Waals surface area contributed by atoms with Crippen LogP contribution in [0.1, 0.15) is 31.2 Å². The van der Waals surface area contributed by atoms with Crippen molar-refractivity contribution in [1.82, 2.24) is 0 Å². The van der Waals surface area contributed by atoms with Crippen LogP contribution in [0.15, 0.2) is 33.7 Å². The molecule has 0 bridgehead atoms. The molecule has 1 saturated carbocycles. The molecule has 3 N–H and O–H groups in total. The number of hydrogen-bond acceptors (Lipinski definition) is 4. The van der Waals surface area contributed by atoms with Crippen LogP contribution in [0.3, 0.4) is 0 Å². The fraction of sp³-hybridized carbons (Fsp3) is 0.438. The SMILES string of the molecule is Nc1cc(CC2CCC(O)CC2)cc2c(=O)ccoc12. The van der Waals surface area contributed by atoms with Crippen LogP contribution in [-0.4, -0.2) is 11.2 Å². The van der Waals surface area contributed by atoms with Crippen LogP contribution in [0.2, 0.25) is 0 Å². The predicted octanol–water partition coefficient (Wildman–Crippen LogP) is 2.47. The minimum absolute atomic E-state index is 0.0566. The summed E-state index contributed by atoms with van der Waals surface area (Å²) in [5.74, 6) is 0.561. The van der Waals surface area contributed by atoms with E-state index in [0.29, 0.717) is 22.6 Å². The highest BCUT2D eigenvalue weighted by molar-refractivity contribution is 5.87. The standard InChI is InChI=1S/C16H19NO3/c17-14-9-11(7-10-1-3-12(18)4-2-10)8-13-15(19)5-6-20-16(13)14/h5-6,8-10,12,18H,1-4,7,17H2. The first-order valence-electron chi connectivity index (χ1n) is 7.11. The van der Waals surface area contributed by atoms with E-state index in [9.17, 15) is 9.90 Å². The van der Waals surface area contributed by atoms with Gasteiger partial charge < -0.3 is 15.3 Å². The van der Waals surface area contributed by atoms with Crippen LogP contribution >= 0.6 is 0 Å². The molecule has 0 atom stereocenters. The van der Waals surface area contributed by atoms with E-state index >= 15 is 0 Å². The third kappa shape index (κ3) is 2.56. The molecule has 1 fully saturated rings. The normalized spacial score (nSPS) is 23.1. The molecule has 3 rings (SSSR count). The Balaban J connectivity index is 1.89. The maximum absolute atomic E-state index is 11.9. The van der Waals surface area contributed by atoms with Crippen molar-refractivity contribution >= 4 is 16.7 Å². The number of anilines is 1. The lowest BCUT2D eigenvalue weighted by Crippen LogP contribution is -2.19. The van der Waals surface area contributed by atoms with Crippen molar-refractivity contribution in [2.75, 3.05) is 5.73 Å². The van der Waals surface area contributed by atoms with Gasteiger partial charge in [0.2, 0.25) is 0 Å². The van der Waals surface area contributed by atoms with Crippen LogP contribution in [0, 0.1) is 5.92 Å². The maximum Gasteiger partial charge on any atom is 0.192 e. The van der Waals surface area contributed by atoms with Gasteiger partial charge in [0.1, 0.15) is 0 Å². The van der Waals surface area contributed by atoms with Crippen LogP contribution in [0.25, 0.3) is 11.0 Å². The van der Waals surface area contributed by atoms with Gasteiger partial charge in [-0.05, 0) is 55.7 Å². The van der Waals surface area contributed by atoms with E-state index in [0.717, 1.165) is 37.7 Å². The summed E-state index contributed by atoms with van der Waals surface area (Å²) in [5, 5.41) is 10.1. The van der Waals surface area contributed by atoms with E-state index in [1.807, 2.05) is 12.1 Å². The Morgan fingerprint density at radius 1 is 1.25 bits per heavy atom. The predicted molar refractivity (Wildman–Crippen MR) is 78.6 cm³/mol. The smallest absolute Gasteiger partial charge is 0.192 e. The summed E-state index contributed by atoms with van der Waals surface area (Å²) in [4.78, 5) is 11.9. The van der Waals surface area contributed by atoms with Crippen molar-refractivity contribution in [1.29, 1.82) is 0 Å². The Morgan fingerprint density at radius 2 is 2.00 bits per heavy atom. The minimum Gasteiger partial charge on any atom is -0.462 e. The zero-order chi connectivity index (χ0) is 14.1. The number of nitrogens with two attached hydrogens (primary N) is 1. The molecule has 0 aliphatic heterocycles. The second-order valence-electron chi connectivity index (χ2n) is 5.73. The molecule has 1 aromatic carbocycles. The number of fused-ring (bicyclic) bond motifs is 1. The molecule has 1 aliphatic rings. The summed E-state index contributed by atoms with van der Waals surface area (Å²) in [6.45, 7) is 0. The average Bonchev–Trinajstić information content (AvgIpc) is 2.43. The molecule has 1 aliphatic carbocycles. The van der Waals surface area contributed by atoms with E-state index in [2.05, 4.69) is 0 Å². The van der Waals surface area contributed by atoms with E-state index in [1.54, 1.807) is 0 Å². The summed E-state index contributed by atoms with van der Waals surface area (Å²) in [5.41, 5.74) is 7.99. The Kier molecular flexibility index (Phi) is 3.49. The summed E-state index contributed by atoms with van der Waals surface area (Å²) in [7, 11) is 0. The first-order chi connectivity index (χ1) is 9.63. The molecule has 1 aromatic heterocycles. The molecule has 106 valence electrons. The van der Waals surface area contributed by atoms with Gasteiger partial charge in [-0.15, -0.1) is 0 Å². The van der Waals surface area contributed by atoms with Crippen LogP contribution in [0.4, 0.5) is 5.69 Å². The molecule has 0 amide bonds. The molecule has 0 saturated heterocycles.